The third-order valence-corrected chi connectivity index (χ3v) is 3.52. The zero-order valence-electron chi connectivity index (χ0n) is 12.4. The van der Waals surface area contributed by atoms with Gasteiger partial charge in [-0.25, -0.2) is 4.79 Å². The average molecular weight is 296 g/mol. The molecule has 0 saturated heterocycles. The van der Waals surface area contributed by atoms with Crippen LogP contribution in [0.4, 0.5) is 0 Å². The molecule has 3 rings (SSSR count). The van der Waals surface area contributed by atoms with Crippen molar-refractivity contribution in [3.05, 3.63) is 53.6 Å². The lowest BCUT2D eigenvalue weighted by molar-refractivity contribution is 0.0529. The van der Waals surface area contributed by atoms with Crippen LogP contribution in [-0.2, 0) is 4.74 Å². The van der Waals surface area contributed by atoms with Gasteiger partial charge in [0.05, 0.1) is 6.61 Å². The number of rotatable bonds is 3. The van der Waals surface area contributed by atoms with E-state index < -0.39 is 5.97 Å². The van der Waals surface area contributed by atoms with Crippen LogP contribution in [0, 0.1) is 6.92 Å². The Kier molecular flexibility index (Phi) is 3.59. The predicted molar refractivity (Wildman–Crippen MR) is 84.0 cm³/mol. The number of carbonyl (C=O) groups excluding carboxylic acids is 1. The Balaban J connectivity index is 2.31. The van der Waals surface area contributed by atoms with Gasteiger partial charge in [-0.3, -0.25) is 0 Å². The van der Waals surface area contributed by atoms with Gasteiger partial charge in [-0.2, -0.15) is 0 Å². The number of furan rings is 1. The fourth-order valence-corrected chi connectivity index (χ4v) is 2.43. The first kappa shape index (κ1) is 14.2. The number of aromatic hydroxyl groups is 1. The molecule has 0 aliphatic rings. The SMILES string of the molecule is CCOC(=O)c1c(-c2ccccc2)oc2cc(C)c(O)cc12. The van der Waals surface area contributed by atoms with Crippen LogP contribution in [0.15, 0.2) is 46.9 Å². The zero-order chi connectivity index (χ0) is 15.7. The van der Waals surface area contributed by atoms with Crippen molar-refractivity contribution in [2.24, 2.45) is 0 Å². The fourth-order valence-electron chi connectivity index (χ4n) is 2.43. The van der Waals surface area contributed by atoms with Crippen molar-refractivity contribution in [2.75, 3.05) is 6.61 Å². The molecule has 0 amide bonds. The van der Waals surface area contributed by atoms with E-state index in [0.29, 0.717) is 27.9 Å². The van der Waals surface area contributed by atoms with E-state index >= 15 is 0 Å². The third-order valence-electron chi connectivity index (χ3n) is 3.52. The average Bonchev–Trinajstić information content (AvgIpc) is 2.87. The largest absolute Gasteiger partial charge is 0.508 e. The first-order chi connectivity index (χ1) is 10.6. The molecule has 0 fully saturated rings. The fraction of sp³-hybridized carbons (Fsp3) is 0.167. The van der Waals surface area contributed by atoms with Gasteiger partial charge in [0.15, 0.2) is 0 Å². The Labute approximate surface area is 127 Å². The zero-order valence-corrected chi connectivity index (χ0v) is 12.4. The summed E-state index contributed by atoms with van der Waals surface area (Å²) in [5, 5.41) is 10.5. The first-order valence-electron chi connectivity index (χ1n) is 7.10. The number of hydrogen-bond donors (Lipinski definition) is 1. The van der Waals surface area contributed by atoms with E-state index in [9.17, 15) is 9.90 Å². The molecule has 22 heavy (non-hydrogen) atoms. The summed E-state index contributed by atoms with van der Waals surface area (Å²) in [5.74, 6) is 0.126. The highest BCUT2D eigenvalue weighted by Gasteiger charge is 2.23. The van der Waals surface area contributed by atoms with E-state index in [1.807, 2.05) is 30.3 Å². The summed E-state index contributed by atoms with van der Waals surface area (Å²) >= 11 is 0. The number of fused-ring (bicyclic) bond motifs is 1. The van der Waals surface area contributed by atoms with Crippen LogP contribution < -0.4 is 0 Å². The number of phenols is 1. The van der Waals surface area contributed by atoms with Crippen molar-refractivity contribution in [3.8, 4) is 17.1 Å². The molecule has 4 heteroatoms. The highest BCUT2D eigenvalue weighted by molar-refractivity contribution is 6.09. The maximum Gasteiger partial charge on any atom is 0.342 e. The normalized spacial score (nSPS) is 10.8. The van der Waals surface area contributed by atoms with E-state index in [1.165, 1.54) is 0 Å². The molecule has 1 heterocycles. The van der Waals surface area contributed by atoms with Crippen molar-refractivity contribution in [1.82, 2.24) is 0 Å². The number of hydrogen-bond acceptors (Lipinski definition) is 4. The maximum absolute atomic E-state index is 12.3. The second-order valence-electron chi connectivity index (χ2n) is 5.03. The van der Waals surface area contributed by atoms with Crippen molar-refractivity contribution in [1.29, 1.82) is 0 Å². The molecule has 112 valence electrons. The Hall–Kier alpha value is -2.75. The van der Waals surface area contributed by atoms with E-state index in [2.05, 4.69) is 0 Å². The molecule has 1 aromatic heterocycles. The van der Waals surface area contributed by atoms with E-state index in [0.717, 1.165) is 5.56 Å². The summed E-state index contributed by atoms with van der Waals surface area (Å²) in [7, 11) is 0. The number of esters is 1. The van der Waals surface area contributed by atoms with Crippen molar-refractivity contribution in [3.63, 3.8) is 0 Å². The van der Waals surface area contributed by atoms with Gasteiger partial charge in [0.2, 0.25) is 0 Å². The lowest BCUT2D eigenvalue weighted by Gasteiger charge is -2.03. The number of phenolic OH excluding ortho intramolecular Hbond substituents is 1. The smallest absolute Gasteiger partial charge is 0.342 e. The monoisotopic (exact) mass is 296 g/mol. The van der Waals surface area contributed by atoms with Crippen LogP contribution in [0.2, 0.25) is 0 Å². The standard InChI is InChI=1S/C18H16O4/c1-3-21-18(20)16-13-10-14(19)11(2)9-15(13)22-17(16)12-7-5-4-6-8-12/h4-10,19H,3H2,1-2H3. The molecule has 0 atom stereocenters. The van der Waals surface area contributed by atoms with Crippen molar-refractivity contribution < 1.29 is 19.1 Å². The van der Waals surface area contributed by atoms with Crippen molar-refractivity contribution in [2.45, 2.75) is 13.8 Å². The van der Waals surface area contributed by atoms with Crippen LogP contribution in [0.25, 0.3) is 22.3 Å². The molecule has 0 aliphatic carbocycles. The summed E-state index contributed by atoms with van der Waals surface area (Å²) in [6, 6.07) is 12.7. The van der Waals surface area contributed by atoms with Crippen LogP contribution in [-0.4, -0.2) is 17.7 Å². The van der Waals surface area contributed by atoms with Crippen LogP contribution in [0.3, 0.4) is 0 Å². The minimum atomic E-state index is -0.455. The minimum absolute atomic E-state index is 0.124. The number of carbonyl (C=O) groups is 1. The van der Waals surface area contributed by atoms with Gasteiger partial charge >= 0.3 is 5.97 Å². The minimum Gasteiger partial charge on any atom is -0.508 e. The molecule has 0 bridgehead atoms. The van der Waals surface area contributed by atoms with Crippen LogP contribution in [0.1, 0.15) is 22.8 Å². The van der Waals surface area contributed by atoms with Gasteiger partial charge in [0.25, 0.3) is 0 Å². The number of ether oxygens (including phenoxy) is 1. The Morgan fingerprint density at radius 1 is 1.23 bits per heavy atom. The number of aryl methyl sites for hydroxylation is 1. The van der Waals surface area contributed by atoms with Gasteiger partial charge in [-0.05, 0) is 31.5 Å². The topological polar surface area (TPSA) is 59.7 Å². The molecule has 4 nitrogen and oxygen atoms in total. The van der Waals surface area contributed by atoms with Gasteiger partial charge in [-0.15, -0.1) is 0 Å². The van der Waals surface area contributed by atoms with E-state index in [1.54, 1.807) is 26.0 Å². The Morgan fingerprint density at radius 3 is 2.64 bits per heavy atom. The lowest BCUT2D eigenvalue weighted by atomic mass is 10.0. The van der Waals surface area contributed by atoms with Crippen molar-refractivity contribution >= 4 is 16.9 Å². The van der Waals surface area contributed by atoms with Gasteiger partial charge in [-0.1, -0.05) is 30.3 Å². The lowest BCUT2D eigenvalue weighted by Crippen LogP contribution is -2.05. The Morgan fingerprint density at radius 2 is 1.95 bits per heavy atom. The second kappa shape index (κ2) is 5.56. The summed E-state index contributed by atoms with van der Waals surface area (Å²) in [6.07, 6.45) is 0. The van der Waals surface area contributed by atoms with Crippen LogP contribution >= 0.6 is 0 Å². The summed E-state index contributed by atoms with van der Waals surface area (Å²) in [5.41, 5.74) is 2.38. The van der Waals surface area contributed by atoms with Gasteiger partial charge < -0.3 is 14.3 Å². The molecule has 1 N–H and O–H groups in total. The van der Waals surface area contributed by atoms with E-state index in [-0.39, 0.29) is 12.4 Å². The van der Waals surface area contributed by atoms with E-state index in [4.69, 9.17) is 9.15 Å². The maximum atomic E-state index is 12.3. The summed E-state index contributed by atoms with van der Waals surface area (Å²) in [4.78, 5) is 12.3. The molecular weight excluding hydrogens is 280 g/mol. The molecule has 0 unspecified atom stereocenters. The molecule has 0 spiro atoms. The summed E-state index contributed by atoms with van der Waals surface area (Å²) < 4.78 is 11.0. The third kappa shape index (κ3) is 2.33. The highest BCUT2D eigenvalue weighted by Crippen LogP contribution is 2.37. The molecule has 0 aliphatic heterocycles. The predicted octanol–water partition coefficient (Wildman–Crippen LogP) is 4.29. The summed E-state index contributed by atoms with van der Waals surface area (Å²) in [6.45, 7) is 3.81. The Bertz CT molecular complexity index is 831. The highest BCUT2D eigenvalue weighted by atomic mass is 16.5. The molecule has 2 aromatic carbocycles. The number of benzene rings is 2. The molecular formula is C18H16O4. The first-order valence-corrected chi connectivity index (χ1v) is 7.10. The van der Waals surface area contributed by atoms with Crippen LogP contribution in [0.5, 0.6) is 5.75 Å². The molecule has 3 aromatic rings. The molecule has 0 radical (unpaired) electrons. The second-order valence-corrected chi connectivity index (χ2v) is 5.03. The van der Waals surface area contributed by atoms with Gasteiger partial charge in [0, 0.05) is 10.9 Å². The van der Waals surface area contributed by atoms with Gasteiger partial charge in [0.1, 0.15) is 22.7 Å². The quantitative estimate of drug-likeness (QED) is 0.732. The molecule has 0 saturated carbocycles.